The van der Waals surface area contributed by atoms with Gasteiger partial charge in [-0.15, -0.1) is 0 Å². The van der Waals surface area contributed by atoms with E-state index in [9.17, 15) is 18.0 Å². The number of carbonyl (C=O) groups excluding carboxylic acids is 1. The molecule has 1 aromatic carbocycles. The Morgan fingerprint density at radius 3 is 2.71 bits per heavy atom. The average molecular weight is 335 g/mol. The molecular formula is C17H16F3N3O. The fourth-order valence-electron chi connectivity index (χ4n) is 3.09. The predicted molar refractivity (Wildman–Crippen MR) is 81.8 cm³/mol. The van der Waals surface area contributed by atoms with E-state index in [2.05, 4.69) is 10.3 Å². The van der Waals surface area contributed by atoms with Gasteiger partial charge in [-0.3, -0.25) is 14.7 Å². The van der Waals surface area contributed by atoms with Gasteiger partial charge < -0.3 is 5.32 Å². The Morgan fingerprint density at radius 2 is 2.00 bits per heavy atom. The van der Waals surface area contributed by atoms with Crippen molar-refractivity contribution in [2.24, 2.45) is 0 Å². The number of pyridine rings is 1. The Bertz CT molecular complexity index is 768. The molecule has 2 atom stereocenters. The lowest BCUT2D eigenvalue weighted by molar-refractivity contribution is 0.0923. The van der Waals surface area contributed by atoms with E-state index in [1.807, 2.05) is 11.9 Å². The number of hydrogen-bond donors (Lipinski definition) is 1. The maximum Gasteiger partial charge on any atom is 0.254 e. The maximum atomic E-state index is 13.7. The summed E-state index contributed by atoms with van der Waals surface area (Å²) in [5, 5.41) is 2.78. The molecule has 2 aromatic rings. The lowest BCUT2D eigenvalue weighted by atomic mass is 9.99. The normalized spacial score (nSPS) is 21.0. The molecule has 2 unspecified atom stereocenters. The number of likely N-dealkylation sites (tertiary alicyclic amines) is 1. The molecule has 2 heterocycles. The quantitative estimate of drug-likeness (QED) is 0.938. The summed E-state index contributed by atoms with van der Waals surface area (Å²) in [7, 11) is 1.84. The van der Waals surface area contributed by atoms with Crippen LogP contribution in [-0.2, 0) is 0 Å². The fourth-order valence-corrected chi connectivity index (χ4v) is 3.09. The monoisotopic (exact) mass is 335 g/mol. The van der Waals surface area contributed by atoms with Crippen LogP contribution in [-0.4, -0.2) is 35.4 Å². The summed E-state index contributed by atoms with van der Waals surface area (Å²) >= 11 is 0. The van der Waals surface area contributed by atoms with Gasteiger partial charge in [-0.25, -0.2) is 13.2 Å². The molecule has 1 fully saturated rings. The van der Waals surface area contributed by atoms with Crippen LogP contribution < -0.4 is 5.32 Å². The number of hydrogen-bond acceptors (Lipinski definition) is 3. The van der Waals surface area contributed by atoms with E-state index in [0.717, 1.165) is 18.3 Å². The minimum absolute atomic E-state index is 0.0939. The van der Waals surface area contributed by atoms with E-state index in [0.29, 0.717) is 18.5 Å². The molecule has 0 radical (unpaired) electrons. The molecule has 4 nitrogen and oxygen atoms in total. The first kappa shape index (κ1) is 16.4. The second-order valence-electron chi connectivity index (χ2n) is 5.82. The highest BCUT2D eigenvalue weighted by Gasteiger charge is 2.35. The minimum Gasteiger partial charge on any atom is -0.347 e. The second kappa shape index (κ2) is 6.60. The van der Waals surface area contributed by atoms with Crippen LogP contribution in [0.4, 0.5) is 13.2 Å². The Kier molecular flexibility index (Phi) is 4.53. The Morgan fingerprint density at radius 1 is 1.21 bits per heavy atom. The van der Waals surface area contributed by atoms with Gasteiger partial charge in [-0.05, 0) is 37.2 Å². The van der Waals surface area contributed by atoms with Gasteiger partial charge in [0.1, 0.15) is 0 Å². The van der Waals surface area contributed by atoms with Crippen molar-refractivity contribution in [3.05, 3.63) is 65.2 Å². The highest BCUT2D eigenvalue weighted by Crippen LogP contribution is 2.32. The van der Waals surface area contributed by atoms with Gasteiger partial charge in [0, 0.05) is 12.7 Å². The van der Waals surface area contributed by atoms with Crippen LogP contribution in [0.3, 0.4) is 0 Å². The van der Waals surface area contributed by atoms with Gasteiger partial charge in [0.2, 0.25) is 0 Å². The number of halogens is 3. The Balaban J connectivity index is 1.83. The van der Waals surface area contributed by atoms with Gasteiger partial charge in [0.25, 0.3) is 5.91 Å². The molecular weight excluding hydrogens is 319 g/mol. The topological polar surface area (TPSA) is 45.2 Å². The molecule has 7 heteroatoms. The van der Waals surface area contributed by atoms with Crippen molar-refractivity contribution in [3.63, 3.8) is 0 Å². The van der Waals surface area contributed by atoms with Crippen molar-refractivity contribution in [2.45, 2.75) is 18.5 Å². The SMILES string of the molecule is CN1CCC(NC(=O)c2ccncc2F)C1c1ccc(F)c(F)c1. The Hall–Kier alpha value is -2.41. The molecule has 24 heavy (non-hydrogen) atoms. The number of nitrogens with zero attached hydrogens (tertiary/aromatic N) is 2. The third kappa shape index (κ3) is 3.12. The molecule has 1 aromatic heterocycles. The van der Waals surface area contributed by atoms with Crippen molar-refractivity contribution < 1.29 is 18.0 Å². The molecule has 0 spiro atoms. The van der Waals surface area contributed by atoms with Crippen molar-refractivity contribution in [3.8, 4) is 0 Å². The number of likely N-dealkylation sites (N-methyl/N-ethyl adjacent to an activating group) is 1. The highest BCUT2D eigenvalue weighted by atomic mass is 19.2. The van der Waals surface area contributed by atoms with Gasteiger partial charge in [-0.1, -0.05) is 6.07 Å². The van der Waals surface area contributed by atoms with Crippen LogP contribution in [0.5, 0.6) is 0 Å². The van der Waals surface area contributed by atoms with E-state index in [1.54, 1.807) is 0 Å². The number of rotatable bonds is 3. The molecule has 1 N–H and O–H groups in total. The van der Waals surface area contributed by atoms with Crippen molar-refractivity contribution in [1.82, 2.24) is 15.2 Å². The van der Waals surface area contributed by atoms with E-state index < -0.39 is 23.4 Å². The molecule has 1 aliphatic heterocycles. The smallest absolute Gasteiger partial charge is 0.254 e. The lowest BCUT2D eigenvalue weighted by Crippen LogP contribution is -2.39. The van der Waals surface area contributed by atoms with Gasteiger partial charge in [0.05, 0.1) is 23.8 Å². The van der Waals surface area contributed by atoms with Crippen molar-refractivity contribution >= 4 is 5.91 Å². The first-order valence-electron chi connectivity index (χ1n) is 7.53. The Labute approximate surface area is 137 Å². The number of aromatic nitrogens is 1. The number of carbonyl (C=O) groups is 1. The molecule has 0 bridgehead atoms. The van der Waals surface area contributed by atoms with Gasteiger partial charge in [-0.2, -0.15) is 0 Å². The third-order valence-electron chi connectivity index (χ3n) is 4.27. The molecule has 3 rings (SSSR count). The minimum atomic E-state index is -0.932. The summed E-state index contributed by atoms with van der Waals surface area (Å²) in [6, 6.07) is 4.35. The van der Waals surface area contributed by atoms with Crippen LogP contribution >= 0.6 is 0 Å². The lowest BCUT2D eigenvalue weighted by Gasteiger charge is -2.26. The molecule has 1 aliphatic rings. The fraction of sp³-hybridized carbons (Fsp3) is 0.294. The van der Waals surface area contributed by atoms with Crippen LogP contribution in [0.2, 0.25) is 0 Å². The predicted octanol–water partition coefficient (Wildman–Crippen LogP) is 2.67. The summed E-state index contributed by atoms with van der Waals surface area (Å²) in [5.41, 5.74) is 0.470. The highest BCUT2D eigenvalue weighted by molar-refractivity contribution is 5.94. The van der Waals surface area contributed by atoms with Gasteiger partial charge >= 0.3 is 0 Å². The molecule has 1 amide bonds. The summed E-state index contributed by atoms with van der Waals surface area (Å²) in [4.78, 5) is 17.9. The molecule has 1 saturated heterocycles. The van der Waals surface area contributed by atoms with E-state index in [4.69, 9.17) is 0 Å². The zero-order chi connectivity index (χ0) is 17.3. The summed E-state index contributed by atoms with van der Waals surface area (Å²) in [6.45, 7) is 0.674. The van der Waals surface area contributed by atoms with E-state index >= 15 is 0 Å². The summed E-state index contributed by atoms with van der Waals surface area (Å²) in [5.74, 6) is -3.11. The number of amides is 1. The van der Waals surface area contributed by atoms with Crippen molar-refractivity contribution in [1.29, 1.82) is 0 Å². The maximum absolute atomic E-state index is 13.7. The first-order chi connectivity index (χ1) is 11.5. The third-order valence-corrected chi connectivity index (χ3v) is 4.27. The van der Waals surface area contributed by atoms with Crippen LogP contribution in [0.15, 0.2) is 36.7 Å². The van der Waals surface area contributed by atoms with Crippen molar-refractivity contribution in [2.75, 3.05) is 13.6 Å². The number of benzene rings is 1. The van der Waals surface area contributed by atoms with E-state index in [-0.39, 0.29) is 17.6 Å². The largest absolute Gasteiger partial charge is 0.347 e. The molecule has 126 valence electrons. The first-order valence-corrected chi connectivity index (χ1v) is 7.53. The summed E-state index contributed by atoms with van der Waals surface area (Å²) < 4.78 is 40.4. The average Bonchev–Trinajstić information content (AvgIpc) is 2.91. The van der Waals surface area contributed by atoms with Gasteiger partial charge in [0.15, 0.2) is 17.5 Å². The van der Waals surface area contributed by atoms with Crippen LogP contribution in [0.1, 0.15) is 28.4 Å². The van der Waals surface area contributed by atoms with E-state index in [1.165, 1.54) is 18.3 Å². The standard InChI is InChI=1S/C17H16F3N3O/c1-23-7-5-15(16(23)10-2-3-12(18)13(19)8-10)22-17(24)11-4-6-21-9-14(11)20/h2-4,6,8-9,15-16H,5,7H2,1H3,(H,22,24). The zero-order valence-electron chi connectivity index (χ0n) is 13.0. The molecule has 0 saturated carbocycles. The molecule has 0 aliphatic carbocycles. The van der Waals surface area contributed by atoms with Crippen LogP contribution in [0.25, 0.3) is 0 Å². The zero-order valence-corrected chi connectivity index (χ0v) is 13.0. The van der Waals surface area contributed by atoms with Crippen LogP contribution in [0, 0.1) is 17.5 Å². The second-order valence-corrected chi connectivity index (χ2v) is 5.82. The summed E-state index contributed by atoms with van der Waals surface area (Å²) in [6.07, 6.45) is 2.94. The number of nitrogens with one attached hydrogen (secondary N) is 1.